The monoisotopic (exact) mass is 303 g/mol. The van der Waals surface area contributed by atoms with Crippen LogP contribution in [0.15, 0.2) is 48.5 Å². The van der Waals surface area contributed by atoms with Crippen LogP contribution < -0.4 is 0 Å². The van der Waals surface area contributed by atoms with Gasteiger partial charge in [0.05, 0.1) is 0 Å². The molecule has 0 radical (unpaired) electrons. The molecule has 2 nitrogen and oxygen atoms in total. The molecule has 1 aliphatic heterocycles. The van der Waals surface area contributed by atoms with Crippen LogP contribution in [0.2, 0.25) is 0 Å². The number of rotatable bonds is 3. The summed E-state index contributed by atoms with van der Waals surface area (Å²) in [6.45, 7) is 0.898. The van der Waals surface area contributed by atoms with E-state index in [2.05, 4.69) is 4.90 Å². The Kier molecular flexibility index (Phi) is 3.98. The second kappa shape index (κ2) is 5.78. The van der Waals surface area contributed by atoms with Crippen molar-refractivity contribution >= 4 is 0 Å². The normalized spacial score (nSPS) is 19.5. The summed E-state index contributed by atoms with van der Waals surface area (Å²) >= 11 is 0. The molecule has 0 amide bonds. The van der Waals surface area contributed by atoms with Gasteiger partial charge in [-0.25, -0.2) is 8.78 Å². The highest BCUT2D eigenvalue weighted by Crippen LogP contribution is 2.39. The van der Waals surface area contributed by atoms with Crippen LogP contribution in [0, 0.1) is 11.6 Å². The third kappa shape index (κ3) is 2.53. The highest BCUT2D eigenvalue weighted by molar-refractivity contribution is 5.39. The number of benzene rings is 2. The largest absolute Gasteiger partial charge is 0.379 e. The summed E-state index contributed by atoms with van der Waals surface area (Å²) in [5.41, 5.74) is -0.0364. The highest BCUT2D eigenvalue weighted by Gasteiger charge is 2.44. The average molecular weight is 303 g/mol. The number of halogens is 2. The van der Waals surface area contributed by atoms with Gasteiger partial charge in [-0.2, -0.15) is 0 Å². The van der Waals surface area contributed by atoms with Gasteiger partial charge in [0, 0.05) is 6.04 Å². The van der Waals surface area contributed by atoms with Crippen LogP contribution in [0.25, 0.3) is 0 Å². The Labute approximate surface area is 129 Å². The number of likely N-dealkylation sites (N-methyl/N-ethyl adjacent to an activating group) is 1. The molecule has 0 saturated carbocycles. The van der Waals surface area contributed by atoms with Gasteiger partial charge in [-0.1, -0.05) is 24.3 Å². The van der Waals surface area contributed by atoms with Gasteiger partial charge in [-0.15, -0.1) is 0 Å². The first-order valence-corrected chi connectivity index (χ1v) is 7.46. The Morgan fingerprint density at radius 3 is 1.77 bits per heavy atom. The van der Waals surface area contributed by atoms with Crippen molar-refractivity contribution in [3.8, 4) is 0 Å². The van der Waals surface area contributed by atoms with Crippen LogP contribution in [0.4, 0.5) is 8.78 Å². The first kappa shape index (κ1) is 15.1. The SMILES string of the molecule is CN1CCC[C@H]1C(O)(c1ccc(F)cc1)c1ccc(F)cc1. The highest BCUT2D eigenvalue weighted by atomic mass is 19.1. The van der Waals surface area contributed by atoms with E-state index in [0.717, 1.165) is 19.4 Å². The van der Waals surface area contributed by atoms with E-state index in [0.29, 0.717) is 11.1 Å². The molecule has 2 aromatic carbocycles. The van der Waals surface area contributed by atoms with Gasteiger partial charge < -0.3 is 5.11 Å². The van der Waals surface area contributed by atoms with Crippen molar-refractivity contribution in [3.63, 3.8) is 0 Å². The minimum Gasteiger partial charge on any atom is -0.379 e. The fraction of sp³-hybridized carbons (Fsp3) is 0.333. The Bertz CT molecular complexity index is 594. The predicted molar refractivity (Wildman–Crippen MR) is 81.5 cm³/mol. The molecule has 0 bridgehead atoms. The van der Waals surface area contributed by atoms with E-state index in [4.69, 9.17) is 0 Å². The van der Waals surface area contributed by atoms with E-state index < -0.39 is 5.60 Å². The molecule has 1 heterocycles. The van der Waals surface area contributed by atoms with Crippen molar-refractivity contribution in [2.24, 2.45) is 0 Å². The predicted octanol–water partition coefficient (Wildman–Crippen LogP) is 3.29. The summed E-state index contributed by atoms with van der Waals surface area (Å²) in [7, 11) is 1.97. The summed E-state index contributed by atoms with van der Waals surface area (Å²) in [5, 5.41) is 11.5. The average Bonchev–Trinajstić information content (AvgIpc) is 2.94. The lowest BCUT2D eigenvalue weighted by Crippen LogP contribution is -2.46. The van der Waals surface area contributed by atoms with Crippen molar-refractivity contribution in [2.75, 3.05) is 13.6 Å². The summed E-state index contributed by atoms with van der Waals surface area (Å²) in [6, 6.07) is 11.7. The molecule has 3 rings (SSSR count). The summed E-state index contributed by atoms with van der Waals surface area (Å²) in [4.78, 5) is 2.10. The molecule has 0 unspecified atom stereocenters. The maximum Gasteiger partial charge on any atom is 0.130 e. The quantitative estimate of drug-likeness (QED) is 0.940. The first-order chi connectivity index (χ1) is 10.5. The third-order valence-corrected chi connectivity index (χ3v) is 4.57. The summed E-state index contributed by atoms with van der Waals surface area (Å²) < 4.78 is 26.5. The number of nitrogens with zero attached hydrogens (tertiary/aromatic N) is 1. The Morgan fingerprint density at radius 2 is 1.41 bits per heavy atom. The molecule has 116 valence electrons. The zero-order chi connectivity index (χ0) is 15.7. The van der Waals surface area contributed by atoms with Gasteiger partial charge in [0.25, 0.3) is 0 Å². The topological polar surface area (TPSA) is 23.5 Å². The van der Waals surface area contributed by atoms with E-state index >= 15 is 0 Å². The minimum absolute atomic E-state index is 0.122. The molecule has 0 aromatic heterocycles. The standard InChI is InChI=1S/C18H19F2NO/c1-21-12-2-3-17(21)18(22,13-4-8-15(19)9-5-13)14-6-10-16(20)11-7-14/h4-11,17,22H,2-3,12H2,1H3/t17-/m0/s1. The third-order valence-electron chi connectivity index (χ3n) is 4.57. The molecule has 0 aliphatic carbocycles. The van der Waals surface area contributed by atoms with Crippen molar-refractivity contribution in [2.45, 2.75) is 24.5 Å². The van der Waals surface area contributed by atoms with Gasteiger partial charge >= 0.3 is 0 Å². The lowest BCUT2D eigenvalue weighted by atomic mass is 9.79. The molecule has 1 saturated heterocycles. The Hall–Kier alpha value is -1.78. The van der Waals surface area contributed by atoms with Gasteiger partial charge in [0.2, 0.25) is 0 Å². The molecule has 22 heavy (non-hydrogen) atoms. The maximum absolute atomic E-state index is 13.2. The fourth-order valence-electron chi connectivity index (χ4n) is 3.40. The van der Waals surface area contributed by atoms with Crippen LogP contribution in [0.3, 0.4) is 0 Å². The van der Waals surface area contributed by atoms with E-state index in [1.54, 1.807) is 24.3 Å². The van der Waals surface area contributed by atoms with E-state index in [9.17, 15) is 13.9 Å². The molecule has 1 N–H and O–H groups in total. The molecule has 1 atom stereocenters. The lowest BCUT2D eigenvalue weighted by molar-refractivity contribution is 0.00460. The zero-order valence-corrected chi connectivity index (χ0v) is 12.5. The first-order valence-electron chi connectivity index (χ1n) is 7.46. The zero-order valence-electron chi connectivity index (χ0n) is 12.5. The van der Waals surface area contributed by atoms with Crippen molar-refractivity contribution < 1.29 is 13.9 Å². The second-order valence-corrected chi connectivity index (χ2v) is 5.92. The minimum atomic E-state index is -1.29. The number of likely N-dealkylation sites (tertiary alicyclic amines) is 1. The number of hydrogen-bond donors (Lipinski definition) is 1. The van der Waals surface area contributed by atoms with Crippen LogP contribution in [0.5, 0.6) is 0 Å². The van der Waals surface area contributed by atoms with Crippen molar-refractivity contribution in [3.05, 3.63) is 71.3 Å². The molecule has 1 aliphatic rings. The summed E-state index contributed by atoms with van der Waals surface area (Å²) in [6.07, 6.45) is 1.83. The van der Waals surface area contributed by atoms with Gasteiger partial charge in [-0.3, -0.25) is 4.90 Å². The molecular weight excluding hydrogens is 284 g/mol. The smallest absolute Gasteiger partial charge is 0.130 e. The van der Waals surface area contributed by atoms with Gasteiger partial charge in [0.15, 0.2) is 0 Å². The van der Waals surface area contributed by atoms with Gasteiger partial charge in [0.1, 0.15) is 17.2 Å². The van der Waals surface area contributed by atoms with Crippen LogP contribution in [0.1, 0.15) is 24.0 Å². The van der Waals surface area contributed by atoms with Gasteiger partial charge in [-0.05, 0) is 61.8 Å². The molecule has 2 aromatic rings. The second-order valence-electron chi connectivity index (χ2n) is 5.92. The summed E-state index contributed by atoms with van der Waals surface area (Å²) in [5.74, 6) is -0.685. The maximum atomic E-state index is 13.2. The molecule has 0 spiro atoms. The molecule has 4 heteroatoms. The molecular formula is C18H19F2NO. The van der Waals surface area contributed by atoms with Crippen LogP contribution >= 0.6 is 0 Å². The Balaban J connectivity index is 2.12. The van der Waals surface area contributed by atoms with Crippen LogP contribution in [-0.4, -0.2) is 29.6 Å². The van der Waals surface area contributed by atoms with E-state index in [-0.39, 0.29) is 17.7 Å². The van der Waals surface area contributed by atoms with Crippen molar-refractivity contribution in [1.29, 1.82) is 0 Å². The van der Waals surface area contributed by atoms with E-state index in [1.807, 2.05) is 7.05 Å². The number of aliphatic hydroxyl groups is 1. The molecule has 1 fully saturated rings. The Morgan fingerprint density at radius 1 is 0.955 bits per heavy atom. The fourth-order valence-corrected chi connectivity index (χ4v) is 3.40. The van der Waals surface area contributed by atoms with Crippen LogP contribution in [-0.2, 0) is 5.60 Å². The number of hydrogen-bond acceptors (Lipinski definition) is 2. The lowest BCUT2D eigenvalue weighted by Gasteiger charge is -2.38. The van der Waals surface area contributed by atoms with E-state index in [1.165, 1.54) is 24.3 Å². The van der Waals surface area contributed by atoms with Crippen molar-refractivity contribution in [1.82, 2.24) is 4.90 Å².